The third-order valence-electron chi connectivity index (χ3n) is 3.58. The van der Waals surface area contributed by atoms with Crippen LogP contribution in [-0.4, -0.2) is 11.1 Å². The van der Waals surface area contributed by atoms with Gasteiger partial charge in [0.1, 0.15) is 5.82 Å². The van der Waals surface area contributed by atoms with E-state index in [0.29, 0.717) is 6.42 Å². The minimum Gasteiger partial charge on any atom is -0.481 e. The molecule has 0 fully saturated rings. The molecule has 0 bridgehead atoms. The smallest absolute Gasteiger partial charge is 0.311 e. The third kappa shape index (κ3) is 3.23. The second-order valence-electron chi connectivity index (χ2n) is 5.07. The predicted octanol–water partition coefficient (Wildman–Crippen LogP) is 3.85. The highest BCUT2D eigenvalue weighted by atomic mass is 19.1. The van der Waals surface area contributed by atoms with Gasteiger partial charge in [-0.3, -0.25) is 4.79 Å². The fourth-order valence-corrected chi connectivity index (χ4v) is 2.19. The van der Waals surface area contributed by atoms with Crippen molar-refractivity contribution in [2.75, 3.05) is 0 Å². The molecule has 1 atom stereocenters. The van der Waals surface area contributed by atoms with Gasteiger partial charge in [0.05, 0.1) is 5.92 Å². The number of aryl methyl sites for hydroxylation is 2. The second kappa shape index (κ2) is 5.87. The number of carbonyl (C=O) groups is 1. The molecule has 0 aliphatic rings. The van der Waals surface area contributed by atoms with E-state index in [1.54, 1.807) is 12.1 Å². The highest BCUT2D eigenvalue weighted by Crippen LogP contribution is 2.23. The van der Waals surface area contributed by atoms with Crippen molar-refractivity contribution in [3.8, 4) is 0 Å². The molecular weight excluding hydrogens is 255 g/mol. The van der Waals surface area contributed by atoms with Crippen LogP contribution >= 0.6 is 0 Å². The molecule has 1 N–H and O–H groups in total. The van der Waals surface area contributed by atoms with Crippen molar-refractivity contribution in [2.45, 2.75) is 26.2 Å². The van der Waals surface area contributed by atoms with E-state index in [-0.39, 0.29) is 5.82 Å². The number of halogens is 1. The Labute approximate surface area is 117 Å². The lowest BCUT2D eigenvalue weighted by Gasteiger charge is -2.14. The van der Waals surface area contributed by atoms with Gasteiger partial charge in [0.25, 0.3) is 0 Å². The zero-order chi connectivity index (χ0) is 14.7. The van der Waals surface area contributed by atoms with Crippen LogP contribution in [0.1, 0.15) is 28.2 Å². The summed E-state index contributed by atoms with van der Waals surface area (Å²) in [5.41, 5.74) is 3.81. The maximum absolute atomic E-state index is 12.9. The average Bonchev–Trinajstić information content (AvgIpc) is 2.41. The number of carboxylic acid groups (broad SMARTS) is 1. The molecule has 104 valence electrons. The van der Waals surface area contributed by atoms with E-state index in [9.17, 15) is 14.3 Å². The predicted molar refractivity (Wildman–Crippen MR) is 76.4 cm³/mol. The van der Waals surface area contributed by atoms with Gasteiger partial charge in [-0.2, -0.15) is 0 Å². The Hall–Kier alpha value is -2.16. The zero-order valence-electron chi connectivity index (χ0n) is 11.6. The fourth-order valence-electron chi connectivity index (χ4n) is 2.19. The summed E-state index contributed by atoms with van der Waals surface area (Å²) >= 11 is 0. The number of hydrogen-bond acceptors (Lipinski definition) is 1. The normalized spacial score (nSPS) is 12.2. The van der Waals surface area contributed by atoms with Crippen LogP contribution in [-0.2, 0) is 11.2 Å². The lowest BCUT2D eigenvalue weighted by Crippen LogP contribution is -2.14. The van der Waals surface area contributed by atoms with E-state index < -0.39 is 11.9 Å². The summed E-state index contributed by atoms with van der Waals surface area (Å²) in [7, 11) is 0. The van der Waals surface area contributed by atoms with Crippen molar-refractivity contribution in [3.05, 3.63) is 70.5 Å². The molecule has 2 nitrogen and oxygen atoms in total. The van der Waals surface area contributed by atoms with Crippen LogP contribution in [0, 0.1) is 19.7 Å². The Morgan fingerprint density at radius 2 is 1.75 bits per heavy atom. The van der Waals surface area contributed by atoms with Crippen molar-refractivity contribution in [1.82, 2.24) is 0 Å². The quantitative estimate of drug-likeness (QED) is 0.917. The molecule has 1 unspecified atom stereocenters. The number of hydrogen-bond donors (Lipinski definition) is 1. The first-order valence-electron chi connectivity index (χ1n) is 6.52. The molecule has 0 heterocycles. The van der Waals surface area contributed by atoms with Crippen LogP contribution in [0.3, 0.4) is 0 Å². The van der Waals surface area contributed by atoms with Crippen LogP contribution in [0.25, 0.3) is 0 Å². The standard InChI is InChI=1S/C17H17FO2/c1-11-3-6-14(9-12(11)2)16(17(19)20)10-13-4-7-15(18)8-5-13/h3-9,16H,10H2,1-2H3,(H,19,20). The maximum Gasteiger partial charge on any atom is 0.311 e. The third-order valence-corrected chi connectivity index (χ3v) is 3.58. The molecule has 0 saturated heterocycles. The van der Waals surface area contributed by atoms with Gasteiger partial charge in [0.15, 0.2) is 0 Å². The van der Waals surface area contributed by atoms with Crippen molar-refractivity contribution < 1.29 is 14.3 Å². The molecule has 0 saturated carbocycles. The van der Waals surface area contributed by atoms with Gasteiger partial charge in [-0.1, -0.05) is 30.3 Å². The van der Waals surface area contributed by atoms with Crippen molar-refractivity contribution in [3.63, 3.8) is 0 Å². The van der Waals surface area contributed by atoms with E-state index in [0.717, 1.165) is 22.3 Å². The summed E-state index contributed by atoms with van der Waals surface area (Å²) in [5, 5.41) is 9.43. The number of aliphatic carboxylic acids is 1. The first-order chi connectivity index (χ1) is 9.47. The van der Waals surface area contributed by atoms with Crippen LogP contribution in [0.15, 0.2) is 42.5 Å². The SMILES string of the molecule is Cc1ccc(C(Cc2ccc(F)cc2)C(=O)O)cc1C. The topological polar surface area (TPSA) is 37.3 Å². The zero-order valence-corrected chi connectivity index (χ0v) is 11.6. The van der Waals surface area contributed by atoms with E-state index in [1.165, 1.54) is 12.1 Å². The van der Waals surface area contributed by atoms with Gasteiger partial charge in [0.2, 0.25) is 0 Å². The highest BCUT2D eigenvalue weighted by Gasteiger charge is 2.20. The summed E-state index contributed by atoms with van der Waals surface area (Å²) in [6.07, 6.45) is 0.359. The molecule has 0 aliphatic carbocycles. The number of carboxylic acids is 1. The Kier molecular flexibility index (Phi) is 4.18. The second-order valence-corrected chi connectivity index (χ2v) is 5.07. The van der Waals surface area contributed by atoms with Crippen molar-refractivity contribution >= 4 is 5.97 Å². The van der Waals surface area contributed by atoms with Crippen molar-refractivity contribution in [2.24, 2.45) is 0 Å². The highest BCUT2D eigenvalue weighted by molar-refractivity contribution is 5.76. The van der Waals surface area contributed by atoms with Crippen LogP contribution in [0.4, 0.5) is 4.39 Å². The number of benzene rings is 2. The molecule has 0 amide bonds. The lowest BCUT2D eigenvalue weighted by molar-refractivity contribution is -0.138. The van der Waals surface area contributed by atoms with E-state index >= 15 is 0 Å². The minimum atomic E-state index is -0.863. The minimum absolute atomic E-state index is 0.313. The van der Waals surface area contributed by atoms with E-state index in [4.69, 9.17) is 0 Å². The Morgan fingerprint density at radius 1 is 1.10 bits per heavy atom. The molecule has 0 spiro atoms. The van der Waals surface area contributed by atoms with Crippen LogP contribution in [0.5, 0.6) is 0 Å². The summed E-state index contributed by atoms with van der Waals surface area (Å²) < 4.78 is 12.9. The monoisotopic (exact) mass is 272 g/mol. The molecule has 0 radical (unpaired) electrons. The molecule has 2 aromatic rings. The largest absolute Gasteiger partial charge is 0.481 e. The first kappa shape index (κ1) is 14.3. The Morgan fingerprint density at radius 3 is 2.30 bits per heavy atom. The Balaban J connectivity index is 2.29. The average molecular weight is 272 g/mol. The van der Waals surface area contributed by atoms with E-state index in [1.807, 2.05) is 32.0 Å². The van der Waals surface area contributed by atoms with Gasteiger partial charge < -0.3 is 5.11 Å². The number of rotatable bonds is 4. The van der Waals surface area contributed by atoms with Gasteiger partial charge in [-0.15, -0.1) is 0 Å². The lowest BCUT2D eigenvalue weighted by atomic mass is 9.90. The summed E-state index contributed by atoms with van der Waals surface area (Å²) in [6, 6.07) is 11.7. The summed E-state index contributed by atoms with van der Waals surface area (Å²) in [5.74, 6) is -1.79. The van der Waals surface area contributed by atoms with Gasteiger partial charge in [-0.05, 0) is 54.7 Å². The van der Waals surface area contributed by atoms with Gasteiger partial charge in [0, 0.05) is 0 Å². The first-order valence-corrected chi connectivity index (χ1v) is 6.52. The fraction of sp³-hybridized carbons (Fsp3) is 0.235. The Bertz CT molecular complexity index is 617. The van der Waals surface area contributed by atoms with Crippen LogP contribution in [0.2, 0.25) is 0 Å². The summed E-state index contributed by atoms with van der Waals surface area (Å²) in [6.45, 7) is 3.96. The molecule has 2 aromatic carbocycles. The van der Waals surface area contributed by atoms with E-state index in [2.05, 4.69) is 0 Å². The molecule has 0 aromatic heterocycles. The molecule has 3 heteroatoms. The van der Waals surface area contributed by atoms with Gasteiger partial charge >= 0.3 is 5.97 Å². The molecular formula is C17H17FO2. The summed E-state index contributed by atoms with van der Waals surface area (Å²) in [4.78, 5) is 11.5. The van der Waals surface area contributed by atoms with Crippen molar-refractivity contribution in [1.29, 1.82) is 0 Å². The molecule has 0 aliphatic heterocycles. The molecule has 2 rings (SSSR count). The maximum atomic E-state index is 12.9. The van der Waals surface area contributed by atoms with Crippen LogP contribution < -0.4 is 0 Å². The molecule has 20 heavy (non-hydrogen) atoms. The van der Waals surface area contributed by atoms with Gasteiger partial charge in [-0.25, -0.2) is 4.39 Å².